The van der Waals surface area contributed by atoms with Gasteiger partial charge in [0.05, 0.1) is 0 Å². The molecule has 0 aromatic carbocycles. The third-order valence-electron chi connectivity index (χ3n) is 3.03. The summed E-state index contributed by atoms with van der Waals surface area (Å²) in [5, 5.41) is 1.82. The van der Waals surface area contributed by atoms with Crippen molar-refractivity contribution in [1.29, 1.82) is 0 Å². The number of carbonyl (C=O) groups excluding carboxylic acids is 1. The maximum atomic E-state index is 12.2. The van der Waals surface area contributed by atoms with E-state index >= 15 is 0 Å². The van der Waals surface area contributed by atoms with Gasteiger partial charge in [0, 0.05) is 25.7 Å². The lowest BCUT2D eigenvalue weighted by Gasteiger charge is -2.37. The van der Waals surface area contributed by atoms with Crippen molar-refractivity contribution in [2.24, 2.45) is 5.84 Å². The number of piperidine rings is 1. The minimum atomic E-state index is -0.433. The Morgan fingerprint density at radius 3 is 2.39 bits per heavy atom. The molecule has 0 aliphatic carbocycles. The zero-order valence-electron chi connectivity index (χ0n) is 12.1. The first kappa shape index (κ1) is 15.2. The van der Waals surface area contributed by atoms with Crippen molar-refractivity contribution in [2.45, 2.75) is 58.6 Å². The Bertz CT molecular complexity index is 268. The van der Waals surface area contributed by atoms with Crippen LogP contribution in [0, 0.1) is 0 Å². The van der Waals surface area contributed by atoms with Gasteiger partial charge in [0.15, 0.2) is 0 Å². The van der Waals surface area contributed by atoms with Crippen LogP contribution in [0.15, 0.2) is 0 Å². The maximum absolute atomic E-state index is 12.2. The van der Waals surface area contributed by atoms with Crippen LogP contribution in [0.5, 0.6) is 0 Å². The third-order valence-corrected chi connectivity index (χ3v) is 3.03. The topological polar surface area (TPSA) is 58.8 Å². The Hall–Kier alpha value is -0.810. The molecular formula is C13H27N3O2. The normalized spacial score (nSPS) is 18.7. The first-order valence-electron chi connectivity index (χ1n) is 6.82. The summed E-state index contributed by atoms with van der Waals surface area (Å²) in [6, 6.07) is 0.264. The Labute approximate surface area is 110 Å². The average molecular weight is 257 g/mol. The van der Waals surface area contributed by atoms with Crippen molar-refractivity contribution >= 4 is 6.09 Å². The molecule has 1 rings (SSSR count). The monoisotopic (exact) mass is 257 g/mol. The second kappa shape index (κ2) is 6.38. The van der Waals surface area contributed by atoms with Crippen molar-refractivity contribution in [1.82, 2.24) is 9.91 Å². The van der Waals surface area contributed by atoms with Crippen molar-refractivity contribution in [3.05, 3.63) is 0 Å². The molecule has 1 saturated heterocycles. The lowest BCUT2D eigenvalue weighted by Crippen LogP contribution is -2.50. The highest BCUT2D eigenvalue weighted by molar-refractivity contribution is 5.68. The number of rotatable bonds is 3. The number of hydrogen-bond donors (Lipinski definition) is 1. The number of carbonyl (C=O) groups is 1. The Kier molecular flexibility index (Phi) is 5.41. The van der Waals surface area contributed by atoms with E-state index in [0.29, 0.717) is 0 Å². The smallest absolute Gasteiger partial charge is 0.410 e. The number of nitrogens with zero attached hydrogens (tertiary/aromatic N) is 2. The molecule has 0 bridgehead atoms. The van der Waals surface area contributed by atoms with E-state index < -0.39 is 5.60 Å². The van der Waals surface area contributed by atoms with Crippen LogP contribution in [0.1, 0.15) is 47.0 Å². The van der Waals surface area contributed by atoms with Crippen LogP contribution in [-0.2, 0) is 4.74 Å². The quantitative estimate of drug-likeness (QED) is 0.785. The molecule has 0 aromatic heterocycles. The molecule has 1 amide bonds. The highest BCUT2D eigenvalue weighted by atomic mass is 16.6. The molecule has 1 heterocycles. The van der Waals surface area contributed by atoms with Crippen LogP contribution in [-0.4, -0.2) is 47.3 Å². The van der Waals surface area contributed by atoms with Gasteiger partial charge in [-0.15, -0.1) is 0 Å². The molecule has 0 atom stereocenters. The standard InChI is InChI=1S/C13H27N3O2/c1-5-8-16(12(17)18-13(2,3)4)11-6-9-15(14)10-7-11/h11H,5-10,14H2,1-4H3. The van der Waals surface area contributed by atoms with Crippen LogP contribution < -0.4 is 5.84 Å². The molecule has 2 N–H and O–H groups in total. The van der Waals surface area contributed by atoms with Gasteiger partial charge < -0.3 is 9.64 Å². The number of hydrogen-bond acceptors (Lipinski definition) is 4. The molecule has 0 radical (unpaired) electrons. The van der Waals surface area contributed by atoms with Gasteiger partial charge in [-0.2, -0.15) is 0 Å². The van der Waals surface area contributed by atoms with E-state index in [4.69, 9.17) is 10.6 Å². The lowest BCUT2D eigenvalue weighted by molar-refractivity contribution is 0.00813. The molecule has 1 fully saturated rings. The van der Waals surface area contributed by atoms with Crippen LogP contribution in [0.25, 0.3) is 0 Å². The number of hydrazine groups is 1. The van der Waals surface area contributed by atoms with Gasteiger partial charge in [0.1, 0.15) is 5.60 Å². The summed E-state index contributed by atoms with van der Waals surface area (Å²) in [7, 11) is 0. The van der Waals surface area contributed by atoms with E-state index in [1.54, 1.807) is 0 Å². The van der Waals surface area contributed by atoms with E-state index in [2.05, 4.69) is 6.92 Å². The Balaban J connectivity index is 2.61. The van der Waals surface area contributed by atoms with E-state index in [1.807, 2.05) is 30.7 Å². The summed E-state index contributed by atoms with van der Waals surface area (Å²) >= 11 is 0. The van der Waals surface area contributed by atoms with Crippen LogP contribution >= 0.6 is 0 Å². The maximum Gasteiger partial charge on any atom is 0.410 e. The summed E-state index contributed by atoms with van der Waals surface area (Å²) in [4.78, 5) is 14.1. The Morgan fingerprint density at radius 2 is 1.94 bits per heavy atom. The molecule has 5 nitrogen and oxygen atoms in total. The summed E-state index contributed by atoms with van der Waals surface area (Å²) in [6.07, 6.45) is 2.60. The highest BCUT2D eigenvalue weighted by Crippen LogP contribution is 2.18. The van der Waals surface area contributed by atoms with Gasteiger partial charge in [-0.1, -0.05) is 6.92 Å². The van der Waals surface area contributed by atoms with Crippen LogP contribution in [0.3, 0.4) is 0 Å². The third kappa shape index (κ3) is 4.82. The fourth-order valence-electron chi connectivity index (χ4n) is 2.18. The SMILES string of the molecule is CCCN(C(=O)OC(C)(C)C)C1CCN(N)CC1. The summed E-state index contributed by atoms with van der Waals surface area (Å²) in [5.41, 5.74) is -0.433. The minimum absolute atomic E-state index is 0.195. The van der Waals surface area contributed by atoms with Gasteiger partial charge >= 0.3 is 6.09 Å². The van der Waals surface area contributed by atoms with Gasteiger partial charge in [-0.05, 0) is 40.0 Å². The van der Waals surface area contributed by atoms with E-state index in [0.717, 1.165) is 38.9 Å². The van der Waals surface area contributed by atoms with Gasteiger partial charge in [-0.25, -0.2) is 9.80 Å². The molecule has 1 aliphatic rings. The highest BCUT2D eigenvalue weighted by Gasteiger charge is 2.29. The van der Waals surface area contributed by atoms with Crippen molar-refractivity contribution in [3.63, 3.8) is 0 Å². The predicted octanol–water partition coefficient (Wildman–Crippen LogP) is 1.97. The second-order valence-corrected chi connectivity index (χ2v) is 5.94. The first-order valence-corrected chi connectivity index (χ1v) is 6.82. The number of nitrogens with two attached hydrogens (primary N) is 1. The number of ether oxygens (including phenoxy) is 1. The fraction of sp³-hybridized carbons (Fsp3) is 0.923. The van der Waals surface area contributed by atoms with Crippen molar-refractivity contribution in [2.75, 3.05) is 19.6 Å². The largest absolute Gasteiger partial charge is 0.444 e. The van der Waals surface area contributed by atoms with Crippen molar-refractivity contribution < 1.29 is 9.53 Å². The molecule has 106 valence electrons. The van der Waals surface area contributed by atoms with E-state index in [1.165, 1.54) is 0 Å². The van der Waals surface area contributed by atoms with Gasteiger partial charge in [-0.3, -0.25) is 5.84 Å². The van der Waals surface area contributed by atoms with Gasteiger partial charge in [0.25, 0.3) is 0 Å². The van der Waals surface area contributed by atoms with E-state index in [9.17, 15) is 4.79 Å². The van der Waals surface area contributed by atoms with Crippen molar-refractivity contribution in [3.8, 4) is 0 Å². The summed E-state index contributed by atoms with van der Waals surface area (Å²) in [5.74, 6) is 5.75. The van der Waals surface area contributed by atoms with Gasteiger partial charge in [0.2, 0.25) is 0 Å². The summed E-state index contributed by atoms with van der Waals surface area (Å²) < 4.78 is 5.47. The summed E-state index contributed by atoms with van der Waals surface area (Å²) in [6.45, 7) is 10.2. The second-order valence-electron chi connectivity index (χ2n) is 5.94. The molecule has 0 spiro atoms. The van der Waals surface area contributed by atoms with E-state index in [-0.39, 0.29) is 12.1 Å². The zero-order valence-corrected chi connectivity index (χ0v) is 12.1. The number of amides is 1. The molecule has 0 unspecified atom stereocenters. The molecular weight excluding hydrogens is 230 g/mol. The zero-order chi connectivity index (χ0) is 13.8. The Morgan fingerprint density at radius 1 is 1.39 bits per heavy atom. The molecule has 1 aliphatic heterocycles. The predicted molar refractivity (Wildman–Crippen MR) is 72.0 cm³/mol. The molecule has 0 aromatic rings. The average Bonchev–Trinajstić information content (AvgIpc) is 2.25. The van der Waals surface area contributed by atoms with Crippen LogP contribution in [0.2, 0.25) is 0 Å². The molecule has 5 heteroatoms. The first-order chi connectivity index (χ1) is 8.33. The lowest BCUT2D eigenvalue weighted by atomic mass is 10.0. The van der Waals surface area contributed by atoms with Crippen LogP contribution in [0.4, 0.5) is 4.79 Å². The molecule has 0 saturated carbocycles. The minimum Gasteiger partial charge on any atom is -0.444 e. The fourth-order valence-corrected chi connectivity index (χ4v) is 2.18. The molecule has 18 heavy (non-hydrogen) atoms.